The highest BCUT2D eigenvalue weighted by Crippen LogP contribution is 2.37. The van der Waals surface area contributed by atoms with E-state index in [0.717, 1.165) is 73.4 Å². The summed E-state index contributed by atoms with van der Waals surface area (Å²) in [6.45, 7) is 4.20. The van der Waals surface area contributed by atoms with E-state index in [1.165, 1.54) is 23.9 Å². The van der Waals surface area contributed by atoms with Gasteiger partial charge in [0, 0.05) is 58.1 Å². The summed E-state index contributed by atoms with van der Waals surface area (Å²) in [5.41, 5.74) is 10.5. The first-order valence-corrected chi connectivity index (χ1v) is 15.0. The third kappa shape index (κ3) is 7.81. The molecule has 0 aliphatic heterocycles. The van der Waals surface area contributed by atoms with Gasteiger partial charge in [-0.3, -0.25) is 0 Å². The topological polar surface area (TPSA) is 93.1 Å². The van der Waals surface area contributed by atoms with Crippen molar-refractivity contribution < 1.29 is 0 Å². The lowest BCUT2D eigenvalue weighted by molar-refractivity contribution is 0.452. The number of rotatable bonds is 14. The van der Waals surface area contributed by atoms with Crippen LogP contribution in [0.3, 0.4) is 0 Å². The van der Waals surface area contributed by atoms with Crippen molar-refractivity contribution in [2.75, 3.05) is 26.2 Å². The second-order valence-electron chi connectivity index (χ2n) is 10.4. The molecule has 208 valence electrons. The Labute approximate surface area is 241 Å². The summed E-state index contributed by atoms with van der Waals surface area (Å²) in [6.07, 6.45) is 15.0. The summed E-state index contributed by atoms with van der Waals surface area (Å²) in [7, 11) is 0. The lowest BCUT2D eigenvalue weighted by Crippen LogP contribution is -2.26. The second-order valence-corrected chi connectivity index (χ2v) is 11.2. The lowest BCUT2D eigenvalue weighted by atomic mass is 10.1. The van der Waals surface area contributed by atoms with E-state index in [-0.39, 0.29) is 0 Å². The van der Waals surface area contributed by atoms with Crippen LogP contribution in [-0.2, 0) is 6.42 Å². The van der Waals surface area contributed by atoms with Crippen LogP contribution in [-0.4, -0.2) is 46.9 Å². The molecule has 0 bridgehead atoms. The average molecular weight is 554 g/mol. The van der Waals surface area contributed by atoms with Gasteiger partial charge in [-0.1, -0.05) is 48.5 Å². The maximum atomic E-state index is 6.51. The first kappa shape index (κ1) is 28.1. The molecule has 2 heterocycles. The van der Waals surface area contributed by atoms with Gasteiger partial charge in [-0.2, -0.15) is 0 Å². The molecule has 1 aliphatic rings. The highest BCUT2D eigenvalue weighted by molar-refractivity contribution is 7.98. The number of benzene rings is 2. The summed E-state index contributed by atoms with van der Waals surface area (Å²) in [5, 5.41) is 8.24. The summed E-state index contributed by atoms with van der Waals surface area (Å²) in [5.74, 6) is 0.675. The summed E-state index contributed by atoms with van der Waals surface area (Å²) < 4.78 is 6.76. The fraction of sp³-hybridized carbons (Fsp3) is 0.344. The first-order valence-electron chi connectivity index (χ1n) is 14.3. The molecule has 2 aromatic heterocycles. The van der Waals surface area contributed by atoms with Gasteiger partial charge in [-0.15, -0.1) is 0 Å². The second kappa shape index (κ2) is 14.8. The standard InChI is InChI=1S/C32H39N7S/c33-31(15-19-38-40-28-10-5-2-6-11-28)30-23-39(32-29(30)22-36-24-37-32)27-13-12-26(20-27)21-35-17-7-16-34-18-14-25-8-3-1-4-9-25/h1-6,8-11,15,19,22-24,26-27,34-35H,7,12-14,16-18,20-21,33H2/b31-15-,38-19+. The van der Waals surface area contributed by atoms with Crippen LogP contribution in [0.15, 0.2) is 94.8 Å². The van der Waals surface area contributed by atoms with Crippen molar-refractivity contribution in [2.45, 2.75) is 43.0 Å². The van der Waals surface area contributed by atoms with Crippen LogP contribution in [0.25, 0.3) is 16.7 Å². The van der Waals surface area contributed by atoms with Gasteiger partial charge in [-0.25, -0.2) is 14.4 Å². The van der Waals surface area contributed by atoms with E-state index < -0.39 is 0 Å². The maximum Gasteiger partial charge on any atom is 0.144 e. The van der Waals surface area contributed by atoms with Crippen molar-refractivity contribution in [3.05, 3.63) is 96.6 Å². The number of allylic oxidation sites excluding steroid dienone is 1. The molecule has 40 heavy (non-hydrogen) atoms. The normalized spacial score (nSPS) is 17.8. The Morgan fingerprint density at radius 3 is 2.67 bits per heavy atom. The molecule has 0 radical (unpaired) electrons. The summed E-state index contributed by atoms with van der Waals surface area (Å²) >= 11 is 1.43. The molecular formula is C32H39N7S. The van der Waals surface area contributed by atoms with E-state index in [1.54, 1.807) is 12.5 Å². The molecule has 2 aromatic carbocycles. The Bertz CT molecular complexity index is 1380. The molecule has 0 spiro atoms. The third-order valence-electron chi connectivity index (χ3n) is 7.50. The van der Waals surface area contributed by atoms with Gasteiger partial charge in [0.25, 0.3) is 0 Å². The van der Waals surface area contributed by atoms with Gasteiger partial charge in [0.1, 0.15) is 12.0 Å². The van der Waals surface area contributed by atoms with Gasteiger partial charge in [0.2, 0.25) is 0 Å². The number of aromatic nitrogens is 3. The van der Waals surface area contributed by atoms with E-state index in [2.05, 4.69) is 66.1 Å². The molecule has 7 nitrogen and oxygen atoms in total. The van der Waals surface area contributed by atoms with Crippen LogP contribution < -0.4 is 16.4 Å². The number of fused-ring (bicyclic) bond motifs is 1. The minimum Gasteiger partial charge on any atom is -0.398 e. The molecule has 8 heteroatoms. The van der Waals surface area contributed by atoms with Gasteiger partial charge >= 0.3 is 0 Å². The van der Waals surface area contributed by atoms with Crippen molar-refractivity contribution in [1.29, 1.82) is 0 Å². The Morgan fingerprint density at radius 1 is 1.02 bits per heavy atom. The Morgan fingerprint density at radius 2 is 1.82 bits per heavy atom. The smallest absolute Gasteiger partial charge is 0.144 e. The summed E-state index contributed by atoms with van der Waals surface area (Å²) in [4.78, 5) is 10.0. The van der Waals surface area contributed by atoms with Gasteiger partial charge < -0.3 is 20.9 Å². The largest absolute Gasteiger partial charge is 0.398 e. The molecule has 4 N–H and O–H groups in total. The van der Waals surface area contributed by atoms with Crippen molar-refractivity contribution >= 4 is 34.9 Å². The number of hydrogen-bond donors (Lipinski definition) is 3. The first-order chi connectivity index (χ1) is 19.8. The molecule has 1 fully saturated rings. The van der Waals surface area contributed by atoms with Crippen LogP contribution in [0, 0.1) is 5.92 Å². The molecule has 4 aromatic rings. The highest BCUT2D eigenvalue weighted by atomic mass is 32.2. The highest BCUT2D eigenvalue weighted by Gasteiger charge is 2.27. The van der Waals surface area contributed by atoms with E-state index in [0.29, 0.717) is 17.7 Å². The minimum atomic E-state index is 0.424. The number of nitrogens with one attached hydrogen (secondary N) is 2. The maximum absolute atomic E-state index is 6.51. The monoisotopic (exact) mass is 553 g/mol. The van der Waals surface area contributed by atoms with Crippen LogP contribution in [0.1, 0.15) is 42.9 Å². The molecule has 2 unspecified atom stereocenters. The van der Waals surface area contributed by atoms with Gasteiger partial charge in [0.05, 0.1) is 0 Å². The average Bonchev–Trinajstić information content (AvgIpc) is 3.63. The SMILES string of the molecule is N/C(=C\C=N\Sc1ccccc1)c1cn(C2CCC(CNCCCNCCc3ccccc3)C2)c2ncncc12. The van der Waals surface area contributed by atoms with Crippen LogP contribution in [0.5, 0.6) is 0 Å². The number of nitrogens with zero attached hydrogens (tertiary/aromatic N) is 4. The van der Waals surface area contributed by atoms with E-state index in [1.807, 2.05) is 42.6 Å². The minimum absolute atomic E-state index is 0.424. The number of hydrogen-bond acceptors (Lipinski definition) is 7. The van der Waals surface area contributed by atoms with Crippen molar-refractivity contribution in [1.82, 2.24) is 25.2 Å². The van der Waals surface area contributed by atoms with Crippen LogP contribution in [0.2, 0.25) is 0 Å². The zero-order valence-corrected chi connectivity index (χ0v) is 23.8. The third-order valence-corrected chi connectivity index (χ3v) is 8.21. The van der Waals surface area contributed by atoms with Crippen LogP contribution >= 0.6 is 11.9 Å². The number of nitrogens with two attached hydrogens (primary N) is 1. The predicted octanol–water partition coefficient (Wildman–Crippen LogP) is 5.66. The quantitative estimate of drug-likeness (QED) is 0.106. The Kier molecular flexibility index (Phi) is 10.4. The lowest BCUT2D eigenvalue weighted by Gasteiger charge is -2.15. The molecule has 1 saturated carbocycles. The Hall–Kier alpha value is -3.46. The molecular weight excluding hydrogens is 514 g/mol. The van der Waals surface area contributed by atoms with Crippen molar-refractivity contribution in [2.24, 2.45) is 16.0 Å². The van der Waals surface area contributed by atoms with E-state index >= 15 is 0 Å². The zero-order valence-electron chi connectivity index (χ0n) is 23.0. The predicted molar refractivity (Wildman–Crippen MR) is 167 cm³/mol. The molecule has 1 aliphatic carbocycles. The van der Waals surface area contributed by atoms with Gasteiger partial charge in [0.15, 0.2) is 0 Å². The zero-order chi connectivity index (χ0) is 27.4. The summed E-state index contributed by atoms with van der Waals surface area (Å²) in [6, 6.07) is 21.2. The molecule has 5 rings (SSSR count). The molecule has 0 saturated heterocycles. The Balaban J connectivity index is 1.08. The molecule has 2 atom stereocenters. The van der Waals surface area contributed by atoms with Crippen LogP contribution in [0.4, 0.5) is 0 Å². The van der Waals surface area contributed by atoms with E-state index in [4.69, 9.17) is 5.73 Å². The van der Waals surface area contributed by atoms with Crippen molar-refractivity contribution in [3.63, 3.8) is 0 Å². The van der Waals surface area contributed by atoms with Crippen molar-refractivity contribution in [3.8, 4) is 0 Å². The fourth-order valence-electron chi connectivity index (χ4n) is 5.40. The van der Waals surface area contributed by atoms with Gasteiger partial charge in [-0.05, 0) is 88.0 Å². The fourth-order valence-corrected chi connectivity index (χ4v) is 5.93. The molecule has 0 amide bonds. The van der Waals surface area contributed by atoms with E-state index in [9.17, 15) is 0 Å².